The highest BCUT2D eigenvalue weighted by atomic mass is 35.5. The van der Waals surface area contributed by atoms with Crippen molar-refractivity contribution in [2.45, 2.75) is 38.5 Å². The Morgan fingerprint density at radius 1 is 1.19 bits per heavy atom. The summed E-state index contributed by atoms with van der Waals surface area (Å²) in [6.45, 7) is 6.66. The number of piperidine rings is 1. The molecule has 168 valence electrons. The van der Waals surface area contributed by atoms with E-state index in [0.717, 1.165) is 16.8 Å². The first kappa shape index (κ1) is 23.6. The standard InChI is InChI=1S/C23H29ClN2O4S/c1-5-30-21-11-9-19(24)14-22(21)31(28,29)26-12-6-7-18(15-26)23(27)25(4)20-10-8-16(2)17(3)13-20/h8-11,13-14,18H,5-7,12,15H2,1-4H3. The van der Waals surface area contributed by atoms with Crippen LogP contribution in [0, 0.1) is 19.8 Å². The van der Waals surface area contributed by atoms with Crippen molar-refractivity contribution in [2.24, 2.45) is 5.92 Å². The lowest BCUT2D eigenvalue weighted by atomic mass is 9.98. The smallest absolute Gasteiger partial charge is 0.246 e. The van der Waals surface area contributed by atoms with Crippen molar-refractivity contribution in [1.82, 2.24) is 4.31 Å². The third-order valence-electron chi connectivity index (χ3n) is 5.77. The summed E-state index contributed by atoms with van der Waals surface area (Å²) in [7, 11) is -2.11. The molecule has 0 radical (unpaired) electrons. The van der Waals surface area contributed by atoms with Crippen molar-refractivity contribution >= 4 is 33.2 Å². The number of hydrogen-bond acceptors (Lipinski definition) is 4. The molecule has 1 atom stereocenters. The summed E-state index contributed by atoms with van der Waals surface area (Å²) in [5, 5.41) is 0.320. The summed E-state index contributed by atoms with van der Waals surface area (Å²) in [5.74, 6) is -0.225. The molecule has 0 bridgehead atoms. The second-order valence-electron chi connectivity index (χ2n) is 7.89. The largest absolute Gasteiger partial charge is 0.492 e. The predicted octanol–water partition coefficient (Wildman–Crippen LogP) is 4.42. The number of carbonyl (C=O) groups is 1. The topological polar surface area (TPSA) is 66.9 Å². The molecule has 1 amide bonds. The van der Waals surface area contributed by atoms with E-state index in [1.165, 1.54) is 10.4 Å². The van der Waals surface area contributed by atoms with Gasteiger partial charge in [-0.1, -0.05) is 17.7 Å². The van der Waals surface area contributed by atoms with Crippen LogP contribution in [0.3, 0.4) is 0 Å². The van der Waals surface area contributed by atoms with E-state index in [0.29, 0.717) is 31.0 Å². The van der Waals surface area contributed by atoms with Crippen LogP contribution >= 0.6 is 11.6 Å². The lowest BCUT2D eigenvalue weighted by Crippen LogP contribution is -2.46. The minimum atomic E-state index is -3.85. The van der Waals surface area contributed by atoms with E-state index in [1.807, 2.05) is 32.0 Å². The van der Waals surface area contributed by atoms with Crippen molar-refractivity contribution < 1.29 is 17.9 Å². The lowest BCUT2D eigenvalue weighted by molar-refractivity contribution is -0.123. The molecule has 1 aliphatic heterocycles. The quantitative estimate of drug-likeness (QED) is 0.634. The van der Waals surface area contributed by atoms with Gasteiger partial charge in [-0.2, -0.15) is 4.31 Å². The molecule has 0 spiro atoms. The molecule has 2 aromatic carbocycles. The maximum Gasteiger partial charge on any atom is 0.246 e. The lowest BCUT2D eigenvalue weighted by Gasteiger charge is -2.33. The Balaban J connectivity index is 1.83. The fourth-order valence-corrected chi connectivity index (χ4v) is 5.71. The van der Waals surface area contributed by atoms with E-state index in [9.17, 15) is 13.2 Å². The van der Waals surface area contributed by atoms with Crippen LogP contribution in [0.25, 0.3) is 0 Å². The first-order valence-corrected chi connectivity index (χ1v) is 12.2. The van der Waals surface area contributed by atoms with E-state index in [4.69, 9.17) is 16.3 Å². The van der Waals surface area contributed by atoms with Crippen molar-refractivity contribution in [1.29, 1.82) is 0 Å². The summed E-state index contributed by atoms with van der Waals surface area (Å²) in [5.41, 5.74) is 3.07. The van der Waals surface area contributed by atoms with Gasteiger partial charge in [-0.3, -0.25) is 4.79 Å². The first-order chi connectivity index (χ1) is 14.6. The van der Waals surface area contributed by atoms with Crippen LogP contribution in [0.1, 0.15) is 30.9 Å². The molecule has 1 unspecified atom stereocenters. The van der Waals surface area contributed by atoms with E-state index >= 15 is 0 Å². The number of aryl methyl sites for hydroxylation is 2. The molecule has 0 saturated carbocycles. The molecule has 1 saturated heterocycles. The summed E-state index contributed by atoms with van der Waals surface area (Å²) in [6, 6.07) is 10.5. The number of hydrogen-bond donors (Lipinski definition) is 0. The Morgan fingerprint density at radius 3 is 2.61 bits per heavy atom. The Hall–Kier alpha value is -2.09. The molecule has 6 nitrogen and oxygen atoms in total. The van der Waals surface area contributed by atoms with Crippen LogP contribution in [0.4, 0.5) is 5.69 Å². The minimum Gasteiger partial charge on any atom is -0.492 e. The van der Waals surface area contributed by atoms with Crippen LogP contribution in [-0.2, 0) is 14.8 Å². The summed E-state index contributed by atoms with van der Waals surface area (Å²) >= 11 is 6.07. The number of ether oxygens (including phenoxy) is 1. The van der Waals surface area contributed by atoms with Crippen LogP contribution in [0.2, 0.25) is 5.02 Å². The van der Waals surface area contributed by atoms with Gasteiger partial charge in [-0.15, -0.1) is 0 Å². The number of sulfonamides is 1. The van der Waals surface area contributed by atoms with Gasteiger partial charge in [0.05, 0.1) is 12.5 Å². The fourth-order valence-electron chi connectivity index (χ4n) is 3.79. The number of benzene rings is 2. The number of carbonyl (C=O) groups excluding carboxylic acids is 1. The maximum absolute atomic E-state index is 13.4. The zero-order valence-electron chi connectivity index (χ0n) is 18.4. The van der Waals surface area contributed by atoms with E-state index in [2.05, 4.69) is 0 Å². The van der Waals surface area contributed by atoms with Gasteiger partial charge in [0.25, 0.3) is 0 Å². The number of rotatable bonds is 6. The molecule has 31 heavy (non-hydrogen) atoms. The molecule has 1 aliphatic rings. The van der Waals surface area contributed by atoms with Crippen molar-refractivity contribution in [3.63, 3.8) is 0 Å². The molecule has 0 N–H and O–H groups in total. The van der Waals surface area contributed by atoms with Crippen molar-refractivity contribution in [3.05, 3.63) is 52.5 Å². The van der Waals surface area contributed by atoms with Gasteiger partial charge in [0, 0.05) is 30.8 Å². The summed E-state index contributed by atoms with van der Waals surface area (Å²) in [6.07, 6.45) is 1.26. The van der Waals surface area contributed by atoms with Gasteiger partial charge in [0.2, 0.25) is 15.9 Å². The molecular weight excluding hydrogens is 436 g/mol. The normalized spacial score (nSPS) is 17.4. The molecule has 0 aromatic heterocycles. The molecule has 3 rings (SSSR count). The Labute approximate surface area is 189 Å². The number of halogens is 1. The molecule has 0 aliphatic carbocycles. The average Bonchev–Trinajstić information content (AvgIpc) is 2.76. The number of nitrogens with zero attached hydrogens (tertiary/aromatic N) is 2. The SMILES string of the molecule is CCOc1ccc(Cl)cc1S(=O)(=O)N1CCCC(C(=O)N(C)c2ccc(C)c(C)c2)C1. The molecular formula is C23H29ClN2O4S. The highest BCUT2D eigenvalue weighted by Gasteiger charge is 2.36. The summed E-state index contributed by atoms with van der Waals surface area (Å²) in [4.78, 5) is 14.8. The second kappa shape index (κ2) is 9.59. The van der Waals surface area contributed by atoms with Gasteiger partial charge in [-0.05, 0) is 75.1 Å². The molecule has 1 fully saturated rings. The highest BCUT2D eigenvalue weighted by molar-refractivity contribution is 7.89. The highest BCUT2D eigenvalue weighted by Crippen LogP contribution is 2.33. The van der Waals surface area contributed by atoms with Crippen LogP contribution in [-0.4, -0.2) is 45.4 Å². The number of anilines is 1. The molecule has 1 heterocycles. The Kier molecular flexibility index (Phi) is 7.29. The Bertz CT molecular complexity index is 1070. The maximum atomic E-state index is 13.4. The fraction of sp³-hybridized carbons (Fsp3) is 0.435. The minimum absolute atomic E-state index is 0.0393. The van der Waals surface area contributed by atoms with Gasteiger partial charge < -0.3 is 9.64 Å². The van der Waals surface area contributed by atoms with E-state index in [1.54, 1.807) is 31.0 Å². The predicted molar refractivity (Wildman–Crippen MR) is 123 cm³/mol. The van der Waals surface area contributed by atoms with Gasteiger partial charge in [0.1, 0.15) is 10.6 Å². The number of amides is 1. The first-order valence-electron chi connectivity index (χ1n) is 10.4. The second-order valence-corrected chi connectivity index (χ2v) is 10.2. The molecule has 2 aromatic rings. The van der Waals surface area contributed by atoms with Crippen molar-refractivity contribution in [2.75, 3.05) is 31.6 Å². The zero-order valence-corrected chi connectivity index (χ0v) is 20.0. The third-order valence-corrected chi connectivity index (χ3v) is 7.89. The van der Waals surface area contributed by atoms with Gasteiger partial charge in [-0.25, -0.2) is 8.42 Å². The third kappa shape index (κ3) is 5.05. The van der Waals surface area contributed by atoms with Gasteiger partial charge in [0.15, 0.2) is 0 Å². The van der Waals surface area contributed by atoms with E-state index in [-0.39, 0.29) is 23.1 Å². The monoisotopic (exact) mass is 464 g/mol. The van der Waals surface area contributed by atoms with Crippen LogP contribution in [0.5, 0.6) is 5.75 Å². The van der Waals surface area contributed by atoms with Crippen molar-refractivity contribution in [3.8, 4) is 5.75 Å². The molecule has 8 heteroatoms. The van der Waals surface area contributed by atoms with Gasteiger partial charge >= 0.3 is 0 Å². The Morgan fingerprint density at radius 2 is 1.94 bits per heavy atom. The average molecular weight is 465 g/mol. The zero-order chi connectivity index (χ0) is 22.8. The summed E-state index contributed by atoms with van der Waals surface area (Å²) < 4.78 is 33.7. The van der Waals surface area contributed by atoms with E-state index < -0.39 is 15.9 Å². The van der Waals surface area contributed by atoms with Crippen LogP contribution < -0.4 is 9.64 Å². The van der Waals surface area contributed by atoms with Crippen LogP contribution in [0.15, 0.2) is 41.3 Å².